The maximum atomic E-state index is 12.0. The Hall–Kier alpha value is -1.00. The number of halogens is 3. The van der Waals surface area contributed by atoms with Crippen LogP contribution in [0.25, 0.3) is 0 Å². The van der Waals surface area contributed by atoms with Crippen LogP contribution in [-0.4, -0.2) is 9.78 Å². The molecule has 0 atom stereocenters. The van der Waals surface area contributed by atoms with E-state index in [0.29, 0.717) is 5.69 Å². The highest BCUT2D eigenvalue weighted by molar-refractivity contribution is 5.11. The zero-order valence-electron chi connectivity index (χ0n) is 8.11. The molecule has 0 saturated heterocycles. The molecule has 0 spiro atoms. The van der Waals surface area contributed by atoms with E-state index in [1.165, 1.54) is 14.0 Å². The van der Waals surface area contributed by atoms with Gasteiger partial charge in [0.1, 0.15) is 5.69 Å². The Labute approximate surface area is 75.4 Å². The minimum absolute atomic E-state index is 0.375. The molecule has 0 aliphatic carbocycles. The summed E-state index contributed by atoms with van der Waals surface area (Å²) in [6.45, 7) is 5.52. The molecule has 0 saturated carbocycles. The van der Waals surface area contributed by atoms with Crippen molar-refractivity contribution in [2.24, 2.45) is 7.05 Å². The summed E-state index contributed by atoms with van der Waals surface area (Å²) >= 11 is 0. The van der Waals surface area contributed by atoms with E-state index in [-0.39, 0.29) is 0 Å². The molecule has 0 aliphatic heterocycles. The largest absolute Gasteiger partial charge is 0.433 e. The van der Waals surface area contributed by atoms with Crippen molar-refractivity contribution in [3.63, 3.8) is 0 Å². The van der Waals surface area contributed by atoms with Crippen molar-refractivity contribution in [2.45, 2.75) is 26.9 Å². The molecule has 0 unspecified atom stereocenters. The Morgan fingerprint density at radius 3 is 1.92 bits per heavy atom. The molecule has 0 fully saturated rings. The number of nitrogens with zero attached hydrogens (tertiary/aromatic N) is 2. The van der Waals surface area contributed by atoms with E-state index in [1.807, 2.05) is 13.8 Å². The second kappa shape index (κ2) is 4.30. The van der Waals surface area contributed by atoms with Gasteiger partial charge in [-0.05, 0) is 13.0 Å². The van der Waals surface area contributed by atoms with Gasteiger partial charge in [-0.1, -0.05) is 13.8 Å². The predicted octanol–water partition coefficient (Wildman–Crippen LogP) is 2.77. The molecule has 1 rings (SSSR count). The number of rotatable bonds is 0. The second-order valence-corrected chi connectivity index (χ2v) is 2.29. The fourth-order valence-corrected chi connectivity index (χ4v) is 0.876. The van der Waals surface area contributed by atoms with Gasteiger partial charge < -0.3 is 0 Å². The molecule has 1 aromatic rings. The van der Waals surface area contributed by atoms with Crippen LogP contribution in [0.2, 0.25) is 0 Å². The van der Waals surface area contributed by atoms with Crippen molar-refractivity contribution >= 4 is 0 Å². The summed E-state index contributed by atoms with van der Waals surface area (Å²) in [5.41, 5.74) is -0.338. The second-order valence-electron chi connectivity index (χ2n) is 2.29. The van der Waals surface area contributed by atoms with Gasteiger partial charge >= 0.3 is 6.18 Å². The Morgan fingerprint density at radius 1 is 1.31 bits per heavy atom. The first kappa shape index (κ1) is 12.0. The standard InChI is InChI=1S/C6H7F3N2.C2H6/c1-4-3-5(6(7,8)9)11(2)10-4;1-2/h3H,1-2H3;1-2H3. The first-order valence-electron chi connectivity index (χ1n) is 3.99. The molecule has 0 aromatic carbocycles. The van der Waals surface area contributed by atoms with E-state index in [1.54, 1.807) is 0 Å². The van der Waals surface area contributed by atoms with Gasteiger partial charge in [0.05, 0.1) is 5.69 Å². The van der Waals surface area contributed by atoms with Crippen molar-refractivity contribution in [1.82, 2.24) is 9.78 Å². The van der Waals surface area contributed by atoms with Crippen LogP contribution in [0, 0.1) is 6.92 Å². The smallest absolute Gasteiger partial charge is 0.263 e. The van der Waals surface area contributed by atoms with Gasteiger partial charge in [0.2, 0.25) is 0 Å². The number of alkyl halides is 3. The topological polar surface area (TPSA) is 17.8 Å². The molecule has 1 heterocycles. The lowest BCUT2D eigenvalue weighted by atomic mass is 10.4. The number of hydrogen-bond acceptors (Lipinski definition) is 1. The molecule has 0 radical (unpaired) electrons. The predicted molar refractivity (Wildman–Crippen MR) is 44.3 cm³/mol. The molecule has 76 valence electrons. The highest BCUT2D eigenvalue weighted by atomic mass is 19.4. The van der Waals surface area contributed by atoms with Crippen molar-refractivity contribution in [3.05, 3.63) is 17.5 Å². The molecule has 13 heavy (non-hydrogen) atoms. The lowest BCUT2D eigenvalue weighted by Gasteiger charge is -2.04. The molecule has 0 aliphatic rings. The molecule has 0 amide bonds. The lowest BCUT2D eigenvalue weighted by Crippen LogP contribution is -2.11. The molecular formula is C8H13F3N2. The Balaban J connectivity index is 0.000000671. The summed E-state index contributed by atoms with van der Waals surface area (Å²) in [6.07, 6.45) is -4.30. The van der Waals surface area contributed by atoms with Gasteiger partial charge in [-0.2, -0.15) is 18.3 Å². The molecular weight excluding hydrogens is 181 g/mol. The first-order valence-corrected chi connectivity index (χ1v) is 3.99. The summed E-state index contributed by atoms with van der Waals surface area (Å²) < 4.78 is 36.8. The van der Waals surface area contributed by atoms with Crippen molar-refractivity contribution in [1.29, 1.82) is 0 Å². The van der Waals surface area contributed by atoms with Crippen molar-refractivity contribution < 1.29 is 13.2 Å². The number of aryl methyl sites for hydroxylation is 2. The minimum Gasteiger partial charge on any atom is -0.263 e. The van der Waals surface area contributed by atoms with E-state index in [9.17, 15) is 13.2 Å². The van der Waals surface area contributed by atoms with E-state index >= 15 is 0 Å². The molecule has 1 aromatic heterocycles. The van der Waals surface area contributed by atoms with Gasteiger partial charge in [0.25, 0.3) is 0 Å². The van der Waals surface area contributed by atoms with E-state index < -0.39 is 11.9 Å². The van der Waals surface area contributed by atoms with Gasteiger partial charge in [-0.3, -0.25) is 4.68 Å². The maximum Gasteiger partial charge on any atom is 0.433 e. The SMILES string of the molecule is CC.Cc1cc(C(F)(F)F)n(C)n1. The van der Waals surface area contributed by atoms with Crippen LogP contribution < -0.4 is 0 Å². The highest BCUT2D eigenvalue weighted by Crippen LogP contribution is 2.28. The zero-order chi connectivity index (χ0) is 10.6. The maximum absolute atomic E-state index is 12.0. The highest BCUT2D eigenvalue weighted by Gasteiger charge is 2.34. The molecule has 0 bridgehead atoms. The van der Waals surface area contributed by atoms with Gasteiger partial charge in [-0.15, -0.1) is 0 Å². The van der Waals surface area contributed by atoms with Crippen LogP contribution in [0.15, 0.2) is 6.07 Å². The van der Waals surface area contributed by atoms with Gasteiger partial charge in [0.15, 0.2) is 0 Å². The van der Waals surface area contributed by atoms with E-state index in [0.717, 1.165) is 10.7 Å². The summed E-state index contributed by atoms with van der Waals surface area (Å²) in [7, 11) is 1.27. The third kappa shape index (κ3) is 3.08. The fourth-order valence-electron chi connectivity index (χ4n) is 0.876. The van der Waals surface area contributed by atoms with Crippen LogP contribution in [0.4, 0.5) is 13.2 Å². The summed E-state index contributed by atoms with van der Waals surface area (Å²) in [5, 5.41) is 3.57. The van der Waals surface area contributed by atoms with Crippen LogP contribution in [0.1, 0.15) is 25.2 Å². The summed E-state index contributed by atoms with van der Waals surface area (Å²) in [4.78, 5) is 0. The van der Waals surface area contributed by atoms with Crippen LogP contribution >= 0.6 is 0 Å². The van der Waals surface area contributed by atoms with Crippen LogP contribution in [0.5, 0.6) is 0 Å². The van der Waals surface area contributed by atoms with Crippen LogP contribution in [0.3, 0.4) is 0 Å². The van der Waals surface area contributed by atoms with Crippen molar-refractivity contribution in [2.75, 3.05) is 0 Å². The number of hydrogen-bond donors (Lipinski definition) is 0. The van der Waals surface area contributed by atoms with E-state index in [2.05, 4.69) is 5.10 Å². The minimum atomic E-state index is -4.30. The molecule has 0 N–H and O–H groups in total. The summed E-state index contributed by atoms with van der Waals surface area (Å²) in [5.74, 6) is 0. The monoisotopic (exact) mass is 194 g/mol. The fraction of sp³-hybridized carbons (Fsp3) is 0.625. The molecule has 5 heteroatoms. The lowest BCUT2D eigenvalue weighted by molar-refractivity contribution is -0.143. The third-order valence-electron chi connectivity index (χ3n) is 1.29. The van der Waals surface area contributed by atoms with E-state index in [4.69, 9.17) is 0 Å². The first-order chi connectivity index (χ1) is 5.91. The van der Waals surface area contributed by atoms with Crippen LogP contribution in [-0.2, 0) is 13.2 Å². The van der Waals surface area contributed by atoms with Crippen molar-refractivity contribution in [3.8, 4) is 0 Å². The number of aromatic nitrogens is 2. The van der Waals surface area contributed by atoms with Gasteiger partial charge in [0, 0.05) is 7.05 Å². The Bertz CT molecular complexity index is 263. The third-order valence-corrected chi connectivity index (χ3v) is 1.29. The van der Waals surface area contributed by atoms with Gasteiger partial charge in [-0.25, -0.2) is 0 Å². The summed E-state index contributed by atoms with van der Waals surface area (Å²) in [6, 6.07) is 1.01. The quantitative estimate of drug-likeness (QED) is 0.621. The average Bonchev–Trinajstić information content (AvgIpc) is 2.33. The average molecular weight is 194 g/mol. The normalized spacial score (nSPS) is 10.7. The zero-order valence-corrected chi connectivity index (χ0v) is 8.11. The Morgan fingerprint density at radius 2 is 1.77 bits per heavy atom. The molecule has 2 nitrogen and oxygen atoms in total. The Kier molecular flexibility index (Phi) is 3.97.